The summed E-state index contributed by atoms with van der Waals surface area (Å²) >= 11 is 0. The lowest BCUT2D eigenvalue weighted by Gasteiger charge is -2.23. The zero-order valence-electron chi connectivity index (χ0n) is 9.95. The van der Waals surface area contributed by atoms with Crippen LogP contribution in [0.4, 0.5) is 0 Å². The second-order valence-electron chi connectivity index (χ2n) is 5.46. The molecule has 2 heteroatoms. The van der Waals surface area contributed by atoms with Gasteiger partial charge in [-0.15, -0.1) is 0 Å². The number of rotatable bonds is 3. The van der Waals surface area contributed by atoms with Gasteiger partial charge < -0.3 is 5.32 Å². The van der Waals surface area contributed by atoms with Crippen molar-refractivity contribution in [1.29, 1.82) is 0 Å². The molecule has 1 aromatic heterocycles. The molecule has 3 unspecified atom stereocenters. The first-order chi connectivity index (χ1) is 7.83. The van der Waals surface area contributed by atoms with E-state index in [0.717, 1.165) is 24.4 Å². The zero-order valence-corrected chi connectivity index (χ0v) is 9.95. The van der Waals surface area contributed by atoms with Crippen LogP contribution >= 0.6 is 0 Å². The van der Waals surface area contributed by atoms with Gasteiger partial charge in [0, 0.05) is 25.0 Å². The molecule has 3 rings (SSSR count). The largest absolute Gasteiger partial charge is 0.310 e. The van der Waals surface area contributed by atoms with Gasteiger partial charge in [-0.1, -0.05) is 6.42 Å². The summed E-state index contributed by atoms with van der Waals surface area (Å²) < 4.78 is 0. The van der Waals surface area contributed by atoms with E-state index >= 15 is 0 Å². The van der Waals surface area contributed by atoms with Gasteiger partial charge in [0.25, 0.3) is 0 Å². The Morgan fingerprint density at radius 3 is 3.00 bits per heavy atom. The maximum Gasteiger partial charge on any atom is 0.0300 e. The fourth-order valence-electron chi connectivity index (χ4n) is 3.44. The SMILES string of the molecule is Cc1cnccc1CNC1CC2CCC1C2. The van der Waals surface area contributed by atoms with Crippen LogP contribution in [0.3, 0.4) is 0 Å². The molecule has 16 heavy (non-hydrogen) atoms. The molecule has 2 nitrogen and oxygen atoms in total. The lowest BCUT2D eigenvalue weighted by atomic mass is 9.95. The Morgan fingerprint density at radius 1 is 1.38 bits per heavy atom. The van der Waals surface area contributed by atoms with Crippen LogP contribution in [0.15, 0.2) is 18.5 Å². The van der Waals surface area contributed by atoms with Gasteiger partial charge in [-0.25, -0.2) is 0 Å². The summed E-state index contributed by atoms with van der Waals surface area (Å²) in [4.78, 5) is 4.14. The minimum atomic E-state index is 0.784. The first kappa shape index (κ1) is 10.3. The van der Waals surface area contributed by atoms with E-state index in [9.17, 15) is 0 Å². The minimum Gasteiger partial charge on any atom is -0.310 e. The molecule has 2 bridgehead atoms. The van der Waals surface area contributed by atoms with E-state index in [2.05, 4.69) is 23.3 Å². The molecular weight excluding hydrogens is 196 g/mol. The predicted octanol–water partition coefficient (Wildman–Crippen LogP) is 2.67. The highest BCUT2D eigenvalue weighted by Gasteiger charge is 2.38. The molecule has 0 spiro atoms. The molecule has 2 saturated carbocycles. The molecule has 0 aromatic carbocycles. The van der Waals surface area contributed by atoms with E-state index in [4.69, 9.17) is 0 Å². The molecular formula is C14H20N2. The second kappa shape index (κ2) is 4.17. The summed E-state index contributed by atoms with van der Waals surface area (Å²) in [5, 5.41) is 3.74. The lowest BCUT2D eigenvalue weighted by Crippen LogP contribution is -2.33. The molecule has 0 amide bonds. The van der Waals surface area contributed by atoms with E-state index in [1.54, 1.807) is 0 Å². The first-order valence-corrected chi connectivity index (χ1v) is 6.46. The van der Waals surface area contributed by atoms with Crippen molar-refractivity contribution < 1.29 is 0 Å². The third kappa shape index (κ3) is 1.86. The maximum atomic E-state index is 4.14. The highest BCUT2D eigenvalue weighted by atomic mass is 14.9. The van der Waals surface area contributed by atoms with Crippen LogP contribution in [-0.4, -0.2) is 11.0 Å². The number of hydrogen-bond acceptors (Lipinski definition) is 2. The predicted molar refractivity (Wildman–Crippen MR) is 65.0 cm³/mol. The number of aryl methyl sites for hydroxylation is 1. The van der Waals surface area contributed by atoms with Gasteiger partial charge in [-0.2, -0.15) is 0 Å². The number of aromatic nitrogens is 1. The van der Waals surface area contributed by atoms with Crippen molar-refractivity contribution in [2.75, 3.05) is 0 Å². The van der Waals surface area contributed by atoms with Crippen molar-refractivity contribution in [3.63, 3.8) is 0 Å². The molecule has 2 fully saturated rings. The van der Waals surface area contributed by atoms with Crippen LogP contribution in [0.5, 0.6) is 0 Å². The Bertz CT molecular complexity index is 375. The quantitative estimate of drug-likeness (QED) is 0.840. The van der Waals surface area contributed by atoms with Crippen LogP contribution in [-0.2, 0) is 6.54 Å². The van der Waals surface area contributed by atoms with Crippen LogP contribution in [0.1, 0.15) is 36.8 Å². The fourth-order valence-corrected chi connectivity index (χ4v) is 3.44. The molecule has 2 aliphatic carbocycles. The van der Waals surface area contributed by atoms with Gasteiger partial charge in [0.1, 0.15) is 0 Å². The van der Waals surface area contributed by atoms with Gasteiger partial charge in [0.2, 0.25) is 0 Å². The first-order valence-electron chi connectivity index (χ1n) is 6.46. The van der Waals surface area contributed by atoms with Crippen LogP contribution in [0.25, 0.3) is 0 Å². The number of nitrogens with one attached hydrogen (secondary N) is 1. The van der Waals surface area contributed by atoms with Crippen molar-refractivity contribution in [2.24, 2.45) is 11.8 Å². The van der Waals surface area contributed by atoms with Crippen molar-refractivity contribution in [3.05, 3.63) is 29.6 Å². The monoisotopic (exact) mass is 216 g/mol. The molecule has 1 heterocycles. The van der Waals surface area contributed by atoms with Gasteiger partial charge in [-0.3, -0.25) is 4.98 Å². The van der Waals surface area contributed by atoms with Crippen LogP contribution in [0, 0.1) is 18.8 Å². The van der Waals surface area contributed by atoms with E-state index in [1.165, 1.54) is 36.8 Å². The van der Waals surface area contributed by atoms with E-state index < -0.39 is 0 Å². The molecule has 1 N–H and O–H groups in total. The van der Waals surface area contributed by atoms with E-state index in [1.807, 2.05) is 12.4 Å². The van der Waals surface area contributed by atoms with Crippen molar-refractivity contribution in [3.8, 4) is 0 Å². The van der Waals surface area contributed by atoms with Crippen molar-refractivity contribution >= 4 is 0 Å². The molecule has 2 aliphatic rings. The van der Waals surface area contributed by atoms with Crippen molar-refractivity contribution in [2.45, 2.75) is 45.2 Å². The molecule has 3 atom stereocenters. The average Bonchev–Trinajstić information content (AvgIpc) is 2.90. The molecule has 0 saturated heterocycles. The Labute approximate surface area is 97.5 Å². The van der Waals surface area contributed by atoms with Crippen LogP contribution in [0.2, 0.25) is 0 Å². The smallest absolute Gasteiger partial charge is 0.0300 e. The topological polar surface area (TPSA) is 24.9 Å². The van der Waals surface area contributed by atoms with Gasteiger partial charge >= 0.3 is 0 Å². The molecule has 1 aromatic rings. The summed E-state index contributed by atoms with van der Waals surface area (Å²) in [6.45, 7) is 3.16. The summed E-state index contributed by atoms with van der Waals surface area (Å²) in [6.07, 6.45) is 9.68. The Balaban J connectivity index is 1.59. The van der Waals surface area contributed by atoms with Gasteiger partial charge in [-0.05, 0) is 55.2 Å². The number of fused-ring (bicyclic) bond motifs is 2. The molecule has 86 valence electrons. The average molecular weight is 216 g/mol. The third-order valence-electron chi connectivity index (χ3n) is 4.43. The Morgan fingerprint density at radius 2 is 2.31 bits per heavy atom. The van der Waals surface area contributed by atoms with Gasteiger partial charge in [0.15, 0.2) is 0 Å². The van der Waals surface area contributed by atoms with Crippen LogP contribution < -0.4 is 5.32 Å². The van der Waals surface area contributed by atoms with Gasteiger partial charge in [0.05, 0.1) is 0 Å². The number of hydrogen-bond donors (Lipinski definition) is 1. The third-order valence-corrected chi connectivity index (χ3v) is 4.43. The molecule has 0 radical (unpaired) electrons. The Kier molecular flexibility index (Phi) is 2.68. The normalized spacial score (nSPS) is 32.2. The number of nitrogens with zero attached hydrogens (tertiary/aromatic N) is 1. The Hall–Kier alpha value is -0.890. The molecule has 0 aliphatic heterocycles. The summed E-state index contributed by atoms with van der Waals surface area (Å²) in [6, 6.07) is 2.92. The maximum absolute atomic E-state index is 4.14. The highest BCUT2D eigenvalue weighted by molar-refractivity contribution is 5.21. The van der Waals surface area contributed by atoms with E-state index in [-0.39, 0.29) is 0 Å². The number of pyridine rings is 1. The lowest BCUT2D eigenvalue weighted by molar-refractivity contribution is 0.350. The minimum absolute atomic E-state index is 0.784. The summed E-state index contributed by atoms with van der Waals surface area (Å²) in [7, 11) is 0. The summed E-state index contributed by atoms with van der Waals surface area (Å²) in [5.74, 6) is 1.99. The second-order valence-corrected chi connectivity index (χ2v) is 5.46. The highest BCUT2D eigenvalue weighted by Crippen LogP contribution is 2.44. The fraction of sp³-hybridized carbons (Fsp3) is 0.643. The van der Waals surface area contributed by atoms with Crippen molar-refractivity contribution in [1.82, 2.24) is 10.3 Å². The standard InChI is InChI=1S/C14H20N2/c1-10-8-15-5-4-13(10)9-16-14-7-11-2-3-12(14)6-11/h4-5,8,11-12,14,16H,2-3,6-7,9H2,1H3. The summed E-state index contributed by atoms with van der Waals surface area (Å²) in [5.41, 5.74) is 2.70. The van der Waals surface area contributed by atoms with E-state index in [0.29, 0.717) is 0 Å². The zero-order chi connectivity index (χ0) is 11.0.